The molecule has 1 aliphatic rings. The second-order valence-electron chi connectivity index (χ2n) is 8.34. The molecule has 9 nitrogen and oxygen atoms in total. The molecule has 180 valence electrons. The van der Waals surface area contributed by atoms with E-state index in [9.17, 15) is 0 Å². The van der Waals surface area contributed by atoms with Gasteiger partial charge in [-0.05, 0) is 35.4 Å². The highest BCUT2D eigenvalue weighted by Crippen LogP contribution is 2.33. The lowest BCUT2D eigenvalue weighted by molar-refractivity contribution is -0.00127. The summed E-state index contributed by atoms with van der Waals surface area (Å²) in [7, 11) is 1.65. The number of benzene rings is 3. The molecule has 0 unspecified atom stereocenters. The molecular weight excluding hydrogens is 458 g/mol. The van der Waals surface area contributed by atoms with Crippen LogP contribution in [0, 0.1) is 0 Å². The Morgan fingerprint density at radius 3 is 2.75 bits per heavy atom. The number of nitrogens with zero attached hydrogens (tertiary/aromatic N) is 5. The Kier molecular flexibility index (Phi) is 5.88. The summed E-state index contributed by atoms with van der Waals surface area (Å²) in [4.78, 5) is 4.60. The number of ether oxygens (including phenoxy) is 3. The molecule has 1 aliphatic heterocycles. The van der Waals surface area contributed by atoms with E-state index in [0.717, 1.165) is 28.1 Å². The average Bonchev–Trinajstić information content (AvgIpc) is 3.59. The molecule has 0 N–H and O–H groups in total. The van der Waals surface area contributed by atoms with E-state index in [0.29, 0.717) is 37.0 Å². The number of methoxy groups -OCH3 is 1. The van der Waals surface area contributed by atoms with Gasteiger partial charge in [0.15, 0.2) is 5.69 Å². The van der Waals surface area contributed by atoms with Crippen molar-refractivity contribution in [3.63, 3.8) is 0 Å². The standard InChI is InChI=1S/C27H23N5O4/c1-33-20-11-7-10-19(14-20)24-15-32-22(17-35-24)25(29-31-32)27-28-26(30-36-27)21-12-5-6-13-23(21)34-16-18-8-3-2-4-9-18/h2-14,24H,15-17H2,1H3/t24-/m0/s1. The summed E-state index contributed by atoms with van der Waals surface area (Å²) in [6.07, 6.45) is -0.158. The smallest absolute Gasteiger partial charge is 0.280 e. The monoisotopic (exact) mass is 481 g/mol. The molecule has 0 saturated carbocycles. The summed E-state index contributed by atoms with van der Waals surface area (Å²) < 4.78 is 24.9. The van der Waals surface area contributed by atoms with Crippen LogP contribution in [0.3, 0.4) is 0 Å². The van der Waals surface area contributed by atoms with Gasteiger partial charge in [0, 0.05) is 0 Å². The molecule has 0 amide bonds. The Morgan fingerprint density at radius 1 is 1.00 bits per heavy atom. The lowest BCUT2D eigenvalue weighted by atomic mass is 10.1. The summed E-state index contributed by atoms with van der Waals surface area (Å²) in [5.74, 6) is 2.16. The highest BCUT2D eigenvalue weighted by molar-refractivity contribution is 5.65. The van der Waals surface area contributed by atoms with E-state index in [-0.39, 0.29) is 12.0 Å². The third-order valence-electron chi connectivity index (χ3n) is 6.06. The first-order valence-corrected chi connectivity index (χ1v) is 11.6. The zero-order valence-corrected chi connectivity index (χ0v) is 19.6. The molecule has 9 heteroatoms. The third-order valence-corrected chi connectivity index (χ3v) is 6.06. The van der Waals surface area contributed by atoms with Crippen LogP contribution in [0.1, 0.15) is 22.9 Å². The minimum absolute atomic E-state index is 0.158. The van der Waals surface area contributed by atoms with Crippen molar-refractivity contribution in [1.29, 1.82) is 0 Å². The second kappa shape index (κ2) is 9.63. The molecule has 36 heavy (non-hydrogen) atoms. The van der Waals surface area contributed by atoms with E-state index < -0.39 is 0 Å². The van der Waals surface area contributed by atoms with Crippen LogP contribution >= 0.6 is 0 Å². The molecule has 0 radical (unpaired) electrons. The van der Waals surface area contributed by atoms with Crippen LogP contribution in [-0.4, -0.2) is 32.2 Å². The van der Waals surface area contributed by atoms with Crippen molar-refractivity contribution in [1.82, 2.24) is 25.1 Å². The van der Waals surface area contributed by atoms with Crippen molar-refractivity contribution in [2.45, 2.75) is 25.9 Å². The number of aromatic nitrogens is 5. The van der Waals surface area contributed by atoms with Gasteiger partial charge >= 0.3 is 0 Å². The molecule has 0 fully saturated rings. The van der Waals surface area contributed by atoms with Crippen LogP contribution in [0.2, 0.25) is 0 Å². The largest absolute Gasteiger partial charge is 0.497 e. The van der Waals surface area contributed by atoms with Gasteiger partial charge in [-0.3, -0.25) is 0 Å². The van der Waals surface area contributed by atoms with Crippen LogP contribution in [0.25, 0.3) is 23.0 Å². The highest BCUT2D eigenvalue weighted by atomic mass is 16.5. The Hall–Kier alpha value is -4.50. The number of rotatable bonds is 7. The summed E-state index contributed by atoms with van der Waals surface area (Å²) in [6.45, 7) is 1.28. The maximum absolute atomic E-state index is 6.13. The average molecular weight is 482 g/mol. The Labute approximate surface area is 207 Å². The van der Waals surface area contributed by atoms with Gasteiger partial charge in [0.1, 0.15) is 24.2 Å². The van der Waals surface area contributed by atoms with Gasteiger partial charge in [0.25, 0.3) is 5.89 Å². The van der Waals surface area contributed by atoms with Gasteiger partial charge in [-0.15, -0.1) is 5.10 Å². The molecule has 3 heterocycles. The van der Waals surface area contributed by atoms with Crippen molar-refractivity contribution in [3.8, 4) is 34.5 Å². The molecule has 0 bridgehead atoms. The summed E-state index contributed by atoms with van der Waals surface area (Å²) in [5, 5.41) is 12.8. The zero-order chi connectivity index (χ0) is 24.3. The predicted octanol–water partition coefficient (Wildman–Crippen LogP) is 4.85. The number of hydrogen-bond donors (Lipinski definition) is 0. The number of fused-ring (bicyclic) bond motifs is 1. The van der Waals surface area contributed by atoms with Crippen molar-refractivity contribution >= 4 is 0 Å². The van der Waals surface area contributed by atoms with Crippen LogP contribution < -0.4 is 9.47 Å². The lowest BCUT2D eigenvalue weighted by Crippen LogP contribution is -2.22. The third kappa shape index (κ3) is 4.32. The van der Waals surface area contributed by atoms with Gasteiger partial charge in [-0.1, -0.05) is 65.0 Å². The zero-order valence-electron chi connectivity index (χ0n) is 19.6. The van der Waals surface area contributed by atoms with Crippen LogP contribution in [-0.2, 0) is 24.5 Å². The van der Waals surface area contributed by atoms with Gasteiger partial charge in [-0.25, -0.2) is 4.68 Å². The maximum atomic E-state index is 6.13. The summed E-state index contributed by atoms with van der Waals surface area (Å²) in [5.41, 5.74) is 4.13. The molecule has 1 atom stereocenters. The van der Waals surface area contributed by atoms with E-state index in [4.69, 9.17) is 18.7 Å². The van der Waals surface area contributed by atoms with E-state index in [1.165, 1.54) is 0 Å². The highest BCUT2D eigenvalue weighted by Gasteiger charge is 2.28. The minimum Gasteiger partial charge on any atom is -0.497 e. The predicted molar refractivity (Wildman–Crippen MR) is 130 cm³/mol. The van der Waals surface area contributed by atoms with Crippen LogP contribution in [0.4, 0.5) is 0 Å². The van der Waals surface area contributed by atoms with Crippen molar-refractivity contribution < 1.29 is 18.7 Å². The first-order valence-electron chi connectivity index (χ1n) is 11.6. The van der Waals surface area contributed by atoms with E-state index in [2.05, 4.69) is 20.5 Å². The van der Waals surface area contributed by atoms with Crippen molar-refractivity contribution in [2.24, 2.45) is 0 Å². The van der Waals surface area contributed by atoms with Crippen LogP contribution in [0.5, 0.6) is 11.5 Å². The fourth-order valence-corrected chi connectivity index (χ4v) is 4.16. The molecule has 0 spiro atoms. The van der Waals surface area contributed by atoms with Gasteiger partial charge < -0.3 is 18.7 Å². The van der Waals surface area contributed by atoms with Crippen molar-refractivity contribution in [2.75, 3.05) is 7.11 Å². The SMILES string of the molecule is COc1cccc([C@@H]2Cn3nnc(-c4nc(-c5ccccc5OCc5ccccc5)no4)c3CO2)c1. The summed E-state index contributed by atoms with van der Waals surface area (Å²) >= 11 is 0. The Balaban J connectivity index is 1.22. The topological polar surface area (TPSA) is 97.3 Å². The van der Waals surface area contributed by atoms with Crippen LogP contribution in [0.15, 0.2) is 83.4 Å². The molecule has 5 aromatic rings. The minimum atomic E-state index is -0.158. The molecule has 0 aliphatic carbocycles. The second-order valence-corrected chi connectivity index (χ2v) is 8.34. The molecule has 6 rings (SSSR count). The molecular formula is C27H23N5O4. The fourth-order valence-electron chi connectivity index (χ4n) is 4.16. The number of para-hydroxylation sites is 1. The fraction of sp³-hybridized carbons (Fsp3) is 0.185. The molecule has 3 aromatic carbocycles. The molecule has 0 saturated heterocycles. The van der Waals surface area contributed by atoms with E-state index in [1.807, 2.05) is 83.5 Å². The summed E-state index contributed by atoms with van der Waals surface area (Å²) in [6, 6.07) is 25.4. The van der Waals surface area contributed by atoms with E-state index in [1.54, 1.807) is 7.11 Å². The first kappa shape index (κ1) is 22.0. The normalized spacial score (nSPS) is 14.9. The number of hydrogen-bond acceptors (Lipinski definition) is 8. The first-order chi connectivity index (χ1) is 17.8. The lowest BCUT2D eigenvalue weighted by Gasteiger charge is -2.24. The van der Waals surface area contributed by atoms with Gasteiger partial charge in [0.05, 0.1) is 31.5 Å². The van der Waals surface area contributed by atoms with E-state index >= 15 is 0 Å². The molecule has 2 aromatic heterocycles. The van der Waals surface area contributed by atoms with Gasteiger partial charge in [-0.2, -0.15) is 4.98 Å². The maximum Gasteiger partial charge on any atom is 0.280 e. The Bertz CT molecular complexity index is 1480. The quantitative estimate of drug-likeness (QED) is 0.325. The Morgan fingerprint density at radius 2 is 1.86 bits per heavy atom. The van der Waals surface area contributed by atoms with Crippen molar-refractivity contribution in [3.05, 3.63) is 95.7 Å². The van der Waals surface area contributed by atoms with Gasteiger partial charge in [0.2, 0.25) is 5.82 Å².